The fraction of sp³-hybridized carbons (Fsp3) is 0.250. The quantitative estimate of drug-likeness (QED) is 0.579. The fourth-order valence-corrected chi connectivity index (χ4v) is 1.88. The van der Waals surface area contributed by atoms with Crippen molar-refractivity contribution in [2.24, 2.45) is 0 Å². The highest BCUT2D eigenvalue weighted by Gasteiger charge is 2.40. The van der Waals surface area contributed by atoms with Crippen molar-refractivity contribution in [2.75, 3.05) is 19.3 Å². The molecule has 0 unspecified atom stereocenters. The Kier molecular flexibility index (Phi) is 3.12. The number of imide groups is 3. The summed E-state index contributed by atoms with van der Waals surface area (Å²) in [7, 11) is 1.69. The molecule has 0 saturated carbocycles. The summed E-state index contributed by atoms with van der Waals surface area (Å²) in [6.45, 7) is 0.404. The van der Waals surface area contributed by atoms with E-state index in [9.17, 15) is 14.4 Å². The zero-order valence-electron chi connectivity index (χ0n) is 9.90. The molecule has 6 nitrogen and oxygen atoms in total. The molecular weight excluding hydrogens is 234 g/mol. The van der Waals surface area contributed by atoms with Crippen molar-refractivity contribution in [1.29, 1.82) is 0 Å². The van der Waals surface area contributed by atoms with Gasteiger partial charge in [0.2, 0.25) is 5.91 Å². The zero-order chi connectivity index (χ0) is 13.3. The van der Waals surface area contributed by atoms with E-state index in [1.165, 1.54) is 12.1 Å². The Morgan fingerprint density at radius 3 is 2.67 bits per heavy atom. The van der Waals surface area contributed by atoms with Gasteiger partial charge >= 0.3 is 0 Å². The van der Waals surface area contributed by atoms with Crippen LogP contribution in [0.5, 0.6) is 0 Å². The number of hydrogen-bond donors (Lipinski definition) is 2. The number of anilines is 1. The van der Waals surface area contributed by atoms with Crippen LogP contribution in [0.25, 0.3) is 0 Å². The number of nitrogens with zero attached hydrogens (tertiary/aromatic N) is 1. The standard InChI is InChI=1S/C12H13N3O3/c1-14-6-5-9(16)15-11(17)7-3-2-4-8(13)10(7)12(15)18/h2-4,14H,5-6,13H2,1H3. The maximum atomic E-state index is 12.0. The van der Waals surface area contributed by atoms with Crippen LogP contribution in [0.4, 0.5) is 5.69 Å². The van der Waals surface area contributed by atoms with E-state index in [1.807, 2.05) is 0 Å². The predicted octanol–water partition coefficient (Wildman–Crippen LogP) is 0.000900. The number of rotatable bonds is 3. The highest BCUT2D eigenvalue weighted by Crippen LogP contribution is 2.27. The Morgan fingerprint density at radius 2 is 2.06 bits per heavy atom. The maximum absolute atomic E-state index is 12.0. The summed E-state index contributed by atoms with van der Waals surface area (Å²) < 4.78 is 0. The van der Waals surface area contributed by atoms with E-state index in [0.717, 1.165) is 0 Å². The lowest BCUT2D eigenvalue weighted by atomic mass is 10.1. The van der Waals surface area contributed by atoms with Gasteiger partial charge in [0.25, 0.3) is 11.8 Å². The average Bonchev–Trinajstić information content (AvgIpc) is 2.60. The Morgan fingerprint density at radius 1 is 1.33 bits per heavy atom. The van der Waals surface area contributed by atoms with Gasteiger partial charge in [-0.2, -0.15) is 0 Å². The molecule has 1 aromatic carbocycles. The van der Waals surface area contributed by atoms with Gasteiger partial charge < -0.3 is 11.1 Å². The second kappa shape index (κ2) is 4.58. The van der Waals surface area contributed by atoms with Gasteiger partial charge in [-0.3, -0.25) is 14.4 Å². The van der Waals surface area contributed by atoms with E-state index in [-0.39, 0.29) is 23.2 Å². The first-order chi connectivity index (χ1) is 8.57. The van der Waals surface area contributed by atoms with E-state index in [2.05, 4.69) is 5.32 Å². The van der Waals surface area contributed by atoms with Crippen LogP contribution in [-0.2, 0) is 4.79 Å². The molecule has 6 heteroatoms. The summed E-state index contributed by atoms with van der Waals surface area (Å²) >= 11 is 0. The number of amides is 3. The molecule has 3 N–H and O–H groups in total. The predicted molar refractivity (Wildman–Crippen MR) is 64.9 cm³/mol. The van der Waals surface area contributed by atoms with Crippen molar-refractivity contribution in [3.05, 3.63) is 29.3 Å². The molecule has 0 atom stereocenters. The molecule has 0 bridgehead atoms. The number of nitrogens with two attached hydrogens (primary N) is 1. The van der Waals surface area contributed by atoms with Crippen LogP contribution in [-0.4, -0.2) is 36.2 Å². The van der Waals surface area contributed by atoms with E-state index in [1.54, 1.807) is 13.1 Å². The average molecular weight is 247 g/mol. The second-order valence-corrected chi connectivity index (χ2v) is 3.96. The lowest BCUT2D eigenvalue weighted by Gasteiger charge is -2.11. The minimum absolute atomic E-state index is 0.0852. The van der Waals surface area contributed by atoms with Crippen LogP contribution in [0.15, 0.2) is 18.2 Å². The van der Waals surface area contributed by atoms with Crippen molar-refractivity contribution in [1.82, 2.24) is 10.2 Å². The minimum atomic E-state index is -0.630. The van der Waals surface area contributed by atoms with Gasteiger partial charge in [-0.15, -0.1) is 0 Å². The molecule has 18 heavy (non-hydrogen) atoms. The molecule has 3 amide bonds. The van der Waals surface area contributed by atoms with E-state index >= 15 is 0 Å². The van der Waals surface area contributed by atoms with Crippen molar-refractivity contribution in [3.63, 3.8) is 0 Å². The molecule has 0 aromatic heterocycles. The summed E-state index contributed by atoms with van der Waals surface area (Å²) in [4.78, 5) is 36.5. The summed E-state index contributed by atoms with van der Waals surface area (Å²) in [6.07, 6.45) is 0.0852. The highest BCUT2D eigenvalue weighted by atomic mass is 16.2. The Bertz CT molecular complexity index is 539. The van der Waals surface area contributed by atoms with Crippen LogP contribution >= 0.6 is 0 Å². The number of nitrogen functional groups attached to an aromatic ring is 1. The molecule has 0 radical (unpaired) electrons. The van der Waals surface area contributed by atoms with E-state index in [4.69, 9.17) is 5.73 Å². The number of carbonyl (C=O) groups excluding carboxylic acids is 3. The first kappa shape index (κ1) is 12.3. The number of fused-ring (bicyclic) bond motifs is 1. The van der Waals surface area contributed by atoms with Gasteiger partial charge in [-0.05, 0) is 19.2 Å². The summed E-state index contributed by atoms with van der Waals surface area (Å²) in [5.74, 6) is -1.74. The molecule has 0 spiro atoms. The van der Waals surface area contributed by atoms with Crippen molar-refractivity contribution in [2.45, 2.75) is 6.42 Å². The van der Waals surface area contributed by atoms with E-state index in [0.29, 0.717) is 11.4 Å². The third-order valence-corrected chi connectivity index (χ3v) is 2.79. The largest absolute Gasteiger partial charge is 0.398 e. The Labute approximate surface area is 104 Å². The van der Waals surface area contributed by atoms with Gasteiger partial charge in [0.05, 0.1) is 11.1 Å². The Hall–Kier alpha value is -2.21. The molecule has 0 aliphatic carbocycles. The van der Waals surface area contributed by atoms with Gasteiger partial charge in [-0.1, -0.05) is 6.07 Å². The molecular formula is C12H13N3O3. The smallest absolute Gasteiger partial charge is 0.270 e. The summed E-state index contributed by atoms with van der Waals surface area (Å²) in [6, 6.07) is 4.61. The van der Waals surface area contributed by atoms with Crippen LogP contribution in [0, 0.1) is 0 Å². The molecule has 1 aliphatic heterocycles. The van der Waals surface area contributed by atoms with Gasteiger partial charge in [0.1, 0.15) is 0 Å². The molecule has 1 aliphatic rings. The number of benzene rings is 1. The third-order valence-electron chi connectivity index (χ3n) is 2.79. The van der Waals surface area contributed by atoms with Crippen LogP contribution in [0.3, 0.4) is 0 Å². The van der Waals surface area contributed by atoms with Crippen molar-refractivity contribution >= 4 is 23.4 Å². The lowest BCUT2D eigenvalue weighted by molar-refractivity contribution is -0.126. The lowest BCUT2D eigenvalue weighted by Crippen LogP contribution is -2.37. The maximum Gasteiger partial charge on any atom is 0.270 e. The first-order valence-electron chi connectivity index (χ1n) is 5.52. The molecule has 0 saturated heterocycles. The third kappa shape index (κ3) is 1.76. The highest BCUT2D eigenvalue weighted by molar-refractivity contribution is 6.30. The summed E-state index contributed by atoms with van der Waals surface area (Å²) in [5.41, 5.74) is 6.20. The molecule has 2 rings (SSSR count). The van der Waals surface area contributed by atoms with Crippen LogP contribution < -0.4 is 11.1 Å². The van der Waals surface area contributed by atoms with Crippen LogP contribution in [0.2, 0.25) is 0 Å². The number of hydrogen-bond acceptors (Lipinski definition) is 5. The monoisotopic (exact) mass is 247 g/mol. The van der Waals surface area contributed by atoms with Crippen molar-refractivity contribution < 1.29 is 14.4 Å². The number of carbonyl (C=O) groups is 3. The van der Waals surface area contributed by atoms with E-state index < -0.39 is 17.7 Å². The molecule has 1 aromatic rings. The SMILES string of the molecule is CNCCC(=O)N1C(=O)c2cccc(N)c2C1=O. The second-order valence-electron chi connectivity index (χ2n) is 3.96. The molecule has 1 heterocycles. The normalized spacial score (nSPS) is 13.9. The Balaban J connectivity index is 2.34. The minimum Gasteiger partial charge on any atom is -0.398 e. The topological polar surface area (TPSA) is 92.5 Å². The zero-order valence-corrected chi connectivity index (χ0v) is 9.90. The first-order valence-corrected chi connectivity index (χ1v) is 5.52. The number of nitrogens with one attached hydrogen (secondary N) is 1. The fourth-order valence-electron chi connectivity index (χ4n) is 1.88. The molecule has 94 valence electrons. The molecule has 0 fully saturated rings. The van der Waals surface area contributed by atoms with Crippen molar-refractivity contribution in [3.8, 4) is 0 Å². The van der Waals surface area contributed by atoms with Gasteiger partial charge in [0.15, 0.2) is 0 Å². The van der Waals surface area contributed by atoms with Gasteiger partial charge in [-0.25, -0.2) is 4.90 Å². The van der Waals surface area contributed by atoms with Gasteiger partial charge in [0, 0.05) is 18.7 Å². The summed E-state index contributed by atoms with van der Waals surface area (Å²) in [5, 5.41) is 2.79. The van der Waals surface area contributed by atoms with Crippen LogP contribution in [0.1, 0.15) is 27.1 Å².